The van der Waals surface area contributed by atoms with Gasteiger partial charge >= 0.3 is 0 Å². The van der Waals surface area contributed by atoms with Crippen molar-refractivity contribution in [3.8, 4) is 0 Å². The van der Waals surface area contributed by atoms with Crippen molar-refractivity contribution in [3.63, 3.8) is 0 Å². The van der Waals surface area contributed by atoms with Crippen molar-refractivity contribution in [1.29, 1.82) is 0 Å². The molecule has 0 fully saturated rings. The number of allylic oxidation sites excluding steroid dienone is 4. The van der Waals surface area contributed by atoms with Crippen LogP contribution in [0.4, 0.5) is 22.9 Å². The first-order valence-corrected chi connectivity index (χ1v) is 10.1. The molecule has 1 aromatic heterocycles. The van der Waals surface area contributed by atoms with Gasteiger partial charge in [-0.3, -0.25) is 0 Å². The first-order valence-electron chi connectivity index (χ1n) is 9.29. The van der Waals surface area contributed by atoms with Crippen LogP contribution in [0.25, 0.3) is 10.9 Å². The molecule has 1 aliphatic carbocycles. The van der Waals surface area contributed by atoms with Crippen LogP contribution in [0.15, 0.2) is 70.7 Å². The number of nitrogens with one attached hydrogen (secondary N) is 2. The van der Waals surface area contributed by atoms with Crippen LogP contribution in [-0.2, 0) is 6.42 Å². The molecule has 0 amide bonds. The van der Waals surface area contributed by atoms with Gasteiger partial charge in [0.2, 0.25) is 0 Å². The number of anilines is 4. The van der Waals surface area contributed by atoms with Crippen LogP contribution in [-0.4, -0.2) is 4.98 Å². The molecule has 5 rings (SSSR count). The fraction of sp³-hybridized carbons (Fsp3) is 0.174. The summed E-state index contributed by atoms with van der Waals surface area (Å²) < 4.78 is 1.27. The van der Waals surface area contributed by atoms with Crippen molar-refractivity contribution in [3.05, 3.63) is 76.3 Å². The average molecular weight is 418 g/mol. The Balaban J connectivity index is 1.67. The van der Waals surface area contributed by atoms with Gasteiger partial charge in [-0.15, -0.1) is 0 Å². The predicted octanol–water partition coefficient (Wildman–Crippen LogP) is 6.82. The zero-order chi connectivity index (χ0) is 18.4. The lowest BCUT2D eigenvalue weighted by Gasteiger charge is -2.27. The molecule has 0 saturated heterocycles. The maximum atomic E-state index is 4.89. The van der Waals surface area contributed by atoms with Gasteiger partial charge in [-0.25, -0.2) is 4.98 Å². The second-order valence-electron chi connectivity index (χ2n) is 7.26. The molecule has 2 aliphatic rings. The number of aromatic nitrogens is 1. The number of para-hydroxylation sites is 3. The monoisotopic (exact) mass is 417 g/mol. The van der Waals surface area contributed by atoms with E-state index in [0.717, 1.165) is 41.2 Å². The van der Waals surface area contributed by atoms with E-state index in [1.165, 1.54) is 21.0 Å². The standard InChI is InChI=1S/C23H20BrN3/c1-14-12-16(24)11-10-15(14)13-18-17-6-2-3-7-19(17)26-23-22(18)25-20-8-4-5-9-21(20)27-23/h2-11,14,25H,12-13H2,1H3,(H,26,27). The Morgan fingerprint density at radius 3 is 2.56 bits per heavy atom. The average Bonchev–Trinajstić information content (AvgIpc) is 2.68. The van der Waals surface area contributed by atoms with Crippen molar-refractivity contribution in [2.45, 2.75) is 19.8 Å². The van der Waals surface area contributed by atoms with E-state index in [4.69, 9.17) is 4.98 Å². The predicted molar refractivity (Wildman–Crippen MR) is 117 cm³/mol. The molecule has 3 nitrogen and oxygen atoms in total. The van der Waals surface area contributed by atoms with Gasteiger partial charge in [-0.2, -0.15) is 0 Å². The van der Waals surface area contributed by atoms with E-state index in [1.54, 1.807) is 0 Å². The third kappa shape index (κ3) is 2.94. The third-order valence-electron chi connectivity index (χ3n) is 5.43. The molecule has 1 unspecified atom stereocenters. The Labute approximate surface area is 167 Å². The molecule has 0 radical (unpaired) electrons. The molecule has 2 N–H and O–H groups in total. The summed E-state index contributed by atoms with van der Waals surface area (Å²) in [6, 6.07) is 16.7. The van der Waals surface area contributed by atoms with Crippen molar-refractivity contribution in [1.82, 2.24) is 4.98 Å². The zero-order valence-corrected chi connectivity index (χ0v) is 16.7. The minimum absolute atomic E-state index is 0.524. The lowest BCUT2D eigenvalue weighted by atomic mass is 9.87. The molecule has 0 bridgehead atoms. The van der Waals surface area contributed by atoms with Crippen LogP contribution in [0.3, 0.4) is 0 Å². The highest BCUT2D eigenvalue weighted by Crippen LogP contribution is 2.43. The summed E-state index contributed by atoms with van der Waals surface area (Å²) >= 11 is 3.64. The van der Waals surface area contributed by atoms with E-state index in [9.17, 15) is 0 Å². The molecule has 1 atom stereocenters. The summed E-state index contributed by atoms with van der Waals surface area (Å²) in [5.41, 5.74) is 7.04. The van der Waals surface area contributed by atoms with Crippen LogP contribution in [0, 0.1) is 5.92 Å². The zero-order valence-electron chi connectivity index (χ0n) is 15.1. The molecule has 2 heterocycles. The number of hydrogen-bond acceptors (Lipinski definition) is 3. The van der Waals surface area contributed by atoms with Crippen molar-refractivity contribution in [2.75, 3.05) is 10.6 Å². The van der Waals surface area contributed by atoms with Crippen LogP contribution in [0.1, 0.15) is 18.9 Å². The molecule has 27 heavy (non-hydrogen) atoms. The second-order valence-corrected chi connectivity index (χ2v) is 8.28. The smallest absolute Gasteiger partial charge is 0.155 e. The number of fused-ring (bicyclic) bond motifs is 3. The van der Waals surface area contributed by atoms with Crippen molar-refractivity contribution >= 4 is 49.7 Å². The summed E-state index contributed by atoms with van der Waals surface area (Å²) in [5.74, 6) is 1.43. The van der Waals surface area contributed by atoms with E-state index in [1.807, 2.05) is 6.07 Å². The van der Waals surface area contributed by atoms with Crippen LogP contribution in [0.5, 0.6) is 0 Å². The van der Waals surface area contributed by atoms with Crippen LogP contribution >= 0.6 is 15.9 Å². The van der Waals surface area contributed by atoms with Gasteiger partial charge in [0, 0.05) is 5.39 Å². The van der Waals surface area contributed by atoms with Crippen molar-refractivity contribution < 1.29 is 0 Å². The number of pyridine rings is 1. The summed E-state index contributed by atoms with van der Waals surface area (Å²) in [4.78, 5) is 4.89. The fourth-order valence-corrected chi connectivity index (χ4v) is 4.56. The van der Waals surface area contributed by atoms with Crippen LogP contribution < -0.4 is 10.6 Å². The van der Waals surface area contributed by atoms with E-state index >= 15 is 0 Å². The van der Waals surface area contributed by atoms with Crippen LogP contribution in [0.2, 0.25) is 0 Å². The Morgan fingerprint density at radius 2 is 1.74 bits per heavy atom. The lowest BCUT2D eigenvalue weighted by molar-refractivity contribution is 0.663. The fourth-order valence-electron chi connectivity index (χ4n) is 3.94. The Morgan fingerprint density at radius 1 is 1.00 bits per heavy atom. The summed E-state index contributed by atoms with van der Waals surface area (Å²) in [5, 5.41) is 8.37. The minimum atomic E-state index is 0.524. The molecule has 0 spiro atoms. The van der Waals surface area contributed by atoms with E-state index in [0.29, 0.717) is 5.92 Å². The largest absolute Gasteiger partial charge is 0.351 e. The maximum Gasteiger partial charge on any atom is 0.155 e. The van der Waals surface area contributed by atoms with Gasteiger partial charge in [-0.1, -0.05) is 70.9 Å². The van der Waals surface area contributed by atoms with E-state index < -0.39 is 0 Å². The third-order valence-corrected chi connectivity index (χ3v) is 6.02. The van der Waals surface area contributed by atoms with E-state index in [2.05, 4.69) is 88.1 Å². The van der Waals surface area contributed by atoms with Crippen molar-refractivity contribution in [2.24, 2.45) is 5.92 Å². The first kappa shape index (κ1) is 16.6. The molecule has 134 valence electrons. The molecule has 1 aliphatic heterocycles. The highest BCUT2D eigenvalue weighted by molar-refractivity contribution is 9.11. The maximum absolute atomic E-state index is 4.89. The number of nitrogens with zero attached hydrogens (tertiary/aromatic N) is 1. The van der Waals surface area contributed by atoms with Gasteiger partial charge < -0.3 is 10.6 Å². The highest BCUT2D eigenvalue weighted by atomic mass is 79.9. The summed E-state index contributed by atoms with van der Waals surface area (Å²) in [6.45, 7) is 2.30. The van der Waals surface area contributed by atoms with Gasteiger partial charge in [0.25, 0.3) is 0 Å². The molecule has 4 heteroatoms. The molecular formula is C23H20BrN3. The Kier molecular flexibility index (Phi) is 4.01. The van der Waals surface area contributed by atoms with Gasteiger partial charge in [0.1, 0.15) is 0 Å². The Bertz CT molecular complexity index is 1110. The molecular weight excluding hydrogens is 398 g/mol. The van der Waals surface area contributed by atoms with Gasteiger partial charge in [0.05, 0.1) is 22.6 Å². The molecule has 2 aromatic carbocycles. The normalized spacial score (nSPS) is 17.9. The van der Waals surface area contributed by atoms with Gasteiger partial charge in [-0.05, 0) is 47.0 Å². The first-order chi connectivity index (χ1) is 13.2. The summed E-state index contributed by atoms with van der Waals surface area (Å²) in [7, 11) is 0. The Hall–Kier alpha value is -2.59. The second kappa shape index (κ2) is 6.54. The minimum Gasteiger partial charge on any atom is -0.351 e. The number of benzene rings is 2. The lowest BCUT2D eigenvalue weighted by Crippen LogP contribution is -2.13. The number of hydrogen-bond donors (Lipinski definition) is 2. The number of halogens is 1. The summed E-state index contributed by atoms with van der Waals surface area (Å²) in [6.07, 6.45) is 6.43. The van der Waals surface area contributed by atoms with Gasteiger partial charge in [0.15, 0.2) is 5.82 Å². The topological polar surface area (TPSA) is 37.0 Å². The number of rotatable bonds is 2. The van der Waals surface area contributed by atoms with E-state index in [-0.39, 0.29) is 0 Å². The molecule has 3 aromatic rings. The SMILES string of the molecule is CC1CC(Br)=CC=C1Cc1c2c(nc3ccccc13)Nc1ccccc1N2. The highest BCUT2D eigenvalue weighted by Gasteiger charge is 2.23. The quantitative estimate of drug-likeness (QED) is 0.375. The molecule has 0 saturated carbocycles.